The monoisotopic (exact) mass is 119 g/mol. The summed E-state index contributed by atoms with van der Waals surface area (Å²) in [6, 6.07) is -0.0170. The number of rotatable bonds is 2. The molecule has 1 unspecified atom stereocenters. The Morgan fingerprint density at radius 2 is 2.14 bits per heavy atom. The van der Waals surface area contributed by atoms with Gasteiger partial charge in [-0.05, 0) is 6.92 Å². The number of hydrogen-bond donors (Lipinski definition) is 2. The summed E-state index contributed by atoms with van der Waals surface area (Å²) in [6.45, 7) is 3.88. The molecule has 0 bridgehead atoms. The summed E-state index contributed by atoms with van der Waals surface area (Å²) in [7, 11) is -0.279. The molecule has 0 aromatic rings. The van der Waals surface area contributed by atoms with E-state index in [4.69, 9.17) is 10.8 Å². The first-order valence-electron chi connectivity index (χ1n) is 2.62. The summed E-state index contributed by atoms with van der Waals surface area (Å²) in [5.74, 6) is 0. The van der Waals surface area contributed by atoms with E-state index in [2.05, 4.69) is 0 Å². The normalized spacial score (nSPS) is 20.6. The van der Waals surface area contributed by atoms with Crippen molar-refractivity contribution in [2.75, 3.05) is 0 Å². The van der Waals surface area contributed by atoms with Crippen LogP contribution in [0, 0.1) is 0 Å². The number of hydrogen-bond acceptors (Lipinski definition) is 2. The second-order valence-electron chi connectivity index (χ2n) is 1.83. The Labute approximate surface area is 46.5 Å². The zero-order valence-electron chi connectivity index (χ0n) is 4.89. The van der Waals surface area contributed by atoms with Crippen molar-refractivity contribution in [1.82, 2.24) is 0 Å². The van der Waals surface area contributed by atoms with Crippen LogP contribution in [-0.4, -0.2) is 26.4 Å². The highest BCUT2D eigenvalue weighted by Crippen LogP contribution is 1.83. The molecule has 0 heterocycles. The van der Waals surface area contributed by atoms with Crippen molar-refractivity contribution in [1.29, 1.82) is 0 Å². The van der Waals surface area contributed by atoms with Crippen LogP contribution in [0.5, 0.6) is 0 Å². The van der Waals surface area contributed by atoms with Crippen molar-refractivity contribution in [3.63, 3.8) is 0 Å². The van der Waals surface area contributed by atoms with Gasteiger partial charge < -0.3 is 10.8 Å². The Hall–Kier alpha value is 0.137. The molecule has 3 N–H and O–H groups in total. The van der Waals surface area contributed by atoms with Crippen molar-refractivity contribution in [2.45, 2.75) is 25.2 Å². The minimum Gasteiger partial charge on any atom is -0.396 e. The largest absolute Gasteiger partial charge is 0.396 e. The summed E-state index contributed by atoms with van der Waals surface area (Å²) < 4.78 is 0. The van der Waals surface area contributed by atoms with Gasteiger partial charge in [0.1, 0.15) is 0 Å². The Kier molecular flexibility index (Phi) is 3.24. The molecule has 0 saturated carbocycles. The molecule has 0 aromatic carbocycles. The molecule has 0 aliphatic carbocycles. The highest BCUT2D eigenvalue weighted by Gasteiger charge is 2.04. The molecule has 0 aliphatic rings. The lowest BCUT2D eigenvalue weighted by Crippen LogP contribution is -2.34. The first-order chi connectivity index (χ1) is 3.18. The molecule has 0 amide bonds. The lowest BCUT2D eigenvalue weighted by molar-refractivity contribution is 0.227. The first-order valence-corrected chi connectivity index (χ1v) is 4.85. The van der Waals surface area contributed by atoms with Crippen molar-refractivity contribution in [3.8, 4) is 0 Å². The molecule has 2 atom stereocenters. The number of nitrogens with two attached hydrogens (primary N) is 1. The maximum absolute atomic E-state index is 8.87. The lowest BCUT2D eigenvalue weighted by Gasteiger charge is -2.09. The highest BCUT2D eigenvalue weighted by molar-refractivity contribution is 6.35. The van der Waals surface area contributed by atoms with Crippen LogP contribution in [0.3, 0.4) is 0 Å². The molecule has 0 aromatic heterocycles. The molecular formula is C4H13NOSi. The van der Waals surface area contributed by atoms with Gasteiger partial charge in [0, 0.05) is 6.04 Å². The molecule has 3 heteroatoms. The lowest BCUT2D eigenvalue weighted by atomic mass is 10.4. The standard InChI is InChI=1S/C4H13NOSi/c1-3(5)4(6)7-2/h3-4,6H,5,7H2,1-2H3/t3-,4?/m0/s1. The molecule has 44 valence electrons. The van der Waals surface area contributed by atoms with Gasteiger partial charge in [0.2, 0.25) is 0 Å². The van der Waals surface area contributed by atoms with Crippen LogP contribution < -0.4 is 5.73 Å². The van der Waals surface area contributed by atoms with E-state index in [-0.39, 0.29) is 21.3 Å². The maximum atomic E-state index is 8.87. The van der Waals surface area contributed by atoms with E-state index in [1.54, 1.807) is 0 Å². The van der Waals surface area contributed by atoms with Crippen LogP contribution in [0.4, 0.5) is 0 Å². The van der Waals surface area contributed by atoms with Gasteiger partial charge in [-0.25, -0.2) is 0 Å². The quantitative estimate of drug-likeness (QED) is 0.452. The summed E-state index contributed by atoms with van der Waals surface area (Å²) in [6.07, 6.45) is 0. The third kappa shape index (κ3) is 2.79. The molecule has 0 fully saturated rings. The summed E-state index contributed by atoms with van der Waals surface area (Å²) in [5.41, 5.74) is 5.15. The second kappa shape index (κ2) is 3.18. The summed E-state index contributed by atoms with van der Waals surface area (Å²) in [4.78, 5) is 0. The van der Waals surface area contributed by atoms with Gasteiger partial charge >= 0.3 is 0 Å². The van der Waals surface area contributed by atoms with Crippen LogP contribution in [-0.2, 0) is 0 Å². The molecule has 0 rings (SSSR count). The van der Waals surface area contributed by atoms with Crippen molar-refractivity contribution < 1.29 is 5.11 Å². The van der Waals surface area contributed by atoms with E-state index >= 15 is 0 Å². The maximum Gasteiger partial charge on any atom is 0.0541 e. The molecule has 0 aliphatic heterocycles. The van der Waals surface area contributed by atoms with Gasteiger partial charge in [-0.2, -0.15) is 0 Å². The summed E-state index contributed by atoms with van der Waals surface area (Å²) >= 11 is 0. The predicted molar refractivity (Wildman–Crippen MR) is 34.1 cm³/mol. The summed E-state index contributed by atoms with van der Waals surface area (Å²) in [5, 5.41) is 8.87. The van der Waals surface area contributed by atoms with E-state index in [0.29, 0.717) is 0 Å². The third-order valence-electron chi connectivity index (χ3n) is 1.03. The zero-order chi connectivity index (χ0) is 5.86. The molecular weight excluding hydrogens is 106 g/mol. The van der Waals surface area contributed by atoms with Crippen LogP contribution in [0.2, 0.25) is 6.55 Å². The number of aliphatic hydroxyl groups excluding tert-OH is 1. The van der Waals surface area contributed by atoms with E-state index in [0.717, 1.165) is 0 Å². The van der Waals surface area contributed by atoms with Crippen LogP contribution >= 0.6 is 0 Å². The molecule has 0 spiro atoms. The van der Waals surface area contributed by atoms with Crippen molar-refractivity contribution in [3.05, 3.63) is 0 Å². The van der Waals surface area contributed by atoms with Gasteiger partial charge in [-0.15, -0.1) is 0 Å². The van der Waals surface area contributed by atoms with E-state index < -0.39 is 0 Å². The molecule has 0 saturated heterocycles. The Balaban J connectivity index is 3.14. The van der Waals surface area contributed by atoms with Gasteiger partial charge in [0.25, 0.3) is 0 Å². The molecule has 2 nitrogen and oxygen atoms in total. The zero-order valence-corrected chi connectivity index (χ0v) is 6.30. The van der Waals surface area contributed by atoms with Gasteiger partial charge in [0.15, 0.2) is 0 Å². The number of aliphatic hydroxyl groups is 1. The Morgan fingerprint density at radius 3 is 2.14 bits per heavy atom. The van der Waals surface area contributed by atoms with E-state index in [1.165, 1.54) is 0 Å². The first kappa shape index (κ1) is 7.14. The van der Waals surface area contributed by atoms with E-state index in [1.807, 2.05) is 13.5 Å². The third-order valence-corrected chi connectivity index (χ3v) is 2.61. The average molecular weight is 119 g/mol. The molecule has 0 radical (unpaired) electrons. The topological polar surface area (TPSA) is 46.2 Å². The fraction of sp³-hybridized carbons (Fsp3) is 1.00. The minimum absolute atomic E-state index is 0.0170. The average Bonchev–Trinajstić information content (AvgIpc) is 1.65. The van der Waals surface area contributed by atoms with Crippen LogP contribution in [0.25, 0.3) is 0 Å². The van der Waals surface area contributed by atoms with Crippen LogP contribution in [0.1, 0.15) is 6.92 Å². The van der Waals surface area contributed by atoms with Gasteiger partial charge in [-0.3, -0.25) is 0 Å². The predicted octanol–water partition coefficient (Wildman–Crippen LogP) is -1.13. The Bertz CT molecular complexity index is 49.0. The van der Waals surface area contributed by atoms with Crippen LogP contribution in [0.15, 0.2) is 0 Å². The highest BCUT2D eigenvalue weighted by atomic mass is 28.2. The second-order valence-corrected chi connectivity index (χ2v) is 3.49. The van der Waals surface area contributed by atoms with Crippen molar-refractivity contribution >= 4 is 9.52 Å². The molecule has 7 heavy (non-hydrogen) atoms. The fourth-order valence-corrected chi connectivity index (χ4v) is 1.12. The smallest absolute Gasteiger partial charge is 0.0541 e. The van der Waals surface area contributed by atoms with E-state index in [9.17, 15) is 0 Å². The Morgan fingerprint density at radius 1 is 1.71 bits per heavy atom. The van der Waals surface area contributed by atoms with Crippen molar-refractivity contribution in [2.24, 2.45) is 5.73 Å². The fourth-order valence-electron chi connectivity index (χ4n) is 0.372. The van der Waals surface area contributed by atoms with Gasteiger partial charge in [0.05, 0.1) is 15.2 Å². The SMILES string of the molecule is C[SiH2]C(O)[C@H](C)N. The minimum atomic E-state index is -0.279. The van der Waals surface area contributed by atoms with Gasteiger partial charge in [-0.1, -0.05) is 6.55 Å².